The van der Waals surface area contributed by atoms with Gasteiger partial charge in [-0.3, -0.25) is 0 Å². The fraction of sp³-hybridized carbons (Fsp3) is 0.429. The largest absolute Gasteiger partial charge is 0.416 e. The summed E-state index contributed by atoms with van der Waals surface area (Å²) in [5.74, 6) is 0. The summed E-state index contributed by atoms with van der Waals surface area (Å²) >= 11 is 1.46. The van der Waals surface area contributed by atoms with Crippen molar-refractivity contribution in [1.29, 1.82) is 0 Å². The first-order valence-electron chi connectivity index (χ1n) is 6.32. The van der Waals surface area contributed by atoms with Gasteiger partial charge in [0.1, 0.15) is 5.37 Å². The van der Waals surface area contributed by atoms with Crippen LogP contribution in [0.15, 0.2) is 34.9 Å². The lowest BCUT2D eigenvalue weighted by Crippen LogP contribution is -2.12. The van der Waals surface area contributed by atoms with Crippen molar-refractivity contribution in [2.75, 3.05) is 0 Å². The molecule has 1 aromatic rings. The molecule has 0 aliphatic carbocycles. The highest BCUT2D eigenvalue weighted by Crippen LogP contribution is 2.42. The number of benzene rings is 1. The fourth-order valence-electron chi connectivity index (χ4n) is 2.02. The molecular weight excluding hydrogens is 287 g/mol. The second-order valence-corrected chi connectivity index (χ2v) is 5.82. The number of thioether (sulfide) groups is 1. The van der Waals surface area contributed by atoms with Gasteiger partial charge in [-0.25, -0.2) is 0 Å². The van der Waals surface area contributed by atoms with Crippen LogP contribution in [0.2, 0.25) is 0 Å². The molecule has 0 fully saturated rings. The number of rotatable bonds is 3. The minimum atomic E-state index is -4.31. The van der Waals surface area contributed by atoms with Gasteiger partial charge in [-0.1, -0.05) is 30.8 Å². The molecular formula is C14H16F3NOS. The van der Waals surface area contributed by atoms with Crippen molar-refractivity contribution >= 4 is 11.8 Å². The number of alkyl halides is 3. The predicted octanol–water partition coefficient (Wildman–Crippen LogP) is 4.04. The number of aliphatic hydroxyl groups excluding tert-OH is 1. The van der Waals surface area contributed by atoms with Gasteiger partial charge < -0.3 is 10.4 Å². The van der Waals surface area contributed by atoms with E-state index < -0.39 is 17.8 Å². The van der Waals surface area contributed by atoms with E-state index in [1.54, 1.807) is 0 Å². The molecule has 0 aromatic heterocycles. The van der Waals surface area contributed by atoms with Gasteiger partial charge in [0.15, 0.2) is 0 Å². The van der Waals surface area contributed by atoms with Gasteiger partial charge in [0.2, 0.25) is 0 Å². The van der Waals surface area contributed by atoms with Crippen LogP contribution in [0.3, 0.4) is 0 Å². The third-order valence-electron chi connectivity index (χ3n) is 3.19. The summed E-state index contributed by atoms with van der Waals surface area (Å²) < 4.78 is 37.5. The summed E-state index contributed by atoms with van der Waals surface area (Å²) in [5, 5.41) is 12.9. The molecule has 2 nitrogen and oxygen atoms in total. The number of nitrogens with one attached hydrogen (secondary N) is 1. The maximum atomic E-state index is 12.5. The molecule has 1 heterocycles. The number of allylic oxidation sites excluding steroid dienone is 1. The van der Waals surface area contributed by atoms with Crippen LogP contribution in [0.1, 0.15) is 36.8 Å². The molecule has 0 amide bonds. The molecule has 0 saturated heterocycles. The minimum absolute atomic E-state index is 0.145. The molecule has 0 spiro atoms. The molecule has 110 valence electrons. The maximum absolute atomic E-state index is 12.5. The summed E-state index contributed by atoms with van der Waals surface area (Å²) in [4.78, 5) is 0.859. The lowest BCUT2D eigenvalue weighted by Gasteiger charge is -2.14. The van der Waals surface area contributed by atoms with Crippen LogP contribution >= 0.6 is 11.8 Å². The first kappa shape index (κ1) is 15.3. The molecule has 1 aliphatic heterocycles. The molecule has 1 aliphatic rings. The summed E-state index contributed by atoms with van der Waals surface area (Å²) in [7, 11) is 0. The van der Waals surface area contributed by atoms with Crippen LogP contribution in [-0.2, 0) is 6.18 Å². The van der Waals surface area contributed by atoms with E-state index in [9.17, 15) is 18.3 Å². The first-order chi connectivity index (χ1) is 9.32. The van der Waals surface area contributed by atoms with Gasteiger partial charge in [0, 0.05) is 10.6 Å². The first-order valence-corrected chi connectivity index (χ1v) is 7.20. The minimum Gasteiger partial charge on any atom is -0.388 e. The Labute approximate surface area is 120 Å². The maximum Gasteiger partial charge on any atom is 0.416 e. The normalized spacial score (nSPS) is 21.0. The number of aliphatic hydroxyl groups is 1. The topological polar surface area (TPSA) is 32.3 Å². The zero-order chi connectivity index (χ0) is 14.9. The van der Waals surface area contributed by atoms with Crippen LogP contribution in [-0.4, -0.2) is 11.2 Å². The van der Waals surface area contributed by atoms with Gasteiger partial charge in [0.05, 0.1) is 11.7 Å². The Kier molecular flexibility index (Phi) is 4.34. The van der Waals surface area contributed by atoms with E-state index in [2.05, 4.69) is 5.32 Å². The molecule has 0 bridgehead atoms. The highest BCUT2D eigenvalue weighted by Gasteiger charge is 2.31. The average molecular weight is 303 g/mol. The van der Waals surface area contributed by atoms with Gasteiger partial charge in [-0.2, -0.15) is 13.2 Å². The van der Waals surface area contributed by atoms with Crippen molar-refractivity contribution in [2.24, 2.45) is 0 Å². The average Bonchev–Trinajstić information content (AvgIpc) is 2.79. The summed E-state index contributed by atoms with van der Waals surface area (Å²) in [5.41, 5.74) is 0.998. The molecule has 6 heteroatoms. The molecule has 2 atom stereocenters. The third-order valence-corrected chi connectivity index (χ3v) is 4.65. The third kappa shape index (κ3) is 3.12. The van der Waals surface area contributed by atoms with Gasteiger partial charge >= 0.3 is 6.18 Å². The lowest BCUT2D eigenvalue weighted by atomic mass is 10.1. The van der Waals surface area contributed by atoms with E-state index >= 15 is 0 Å². The molecule has 2 unspecified atom stereocenters. The van der Waals surface area contributed by atoms with E-state index in [4.69, 9.17) is 0 Å². The Morgan fingerprint density at radius 3 is 2.40 bits per heavy atom. The fourth-order valence-corrected chi connectivity index (χ4v) is 3.37. The van der Waals surface area contributed by atoms with Crippen molar-refractivity contribution in [3.63, 3.8) is 0 Å². The van der Waals surface area contributed by atoms with Crippen LogP contribution in [0.4, 0.5) is 13.2 Å². The van der Waals surface area contributed by atoms with Crippen LogP contribution < -0.4 is 5.32 Å². The zero-order valence-electron chi connectivity index (χ0n) is 11.2. The smallest absolute Gasteiger partial charge is 0.388 e. The lowest BCUT2D eigenvalue weighted by molar-refractivity contribution is -0.137. The molecule has 20 heavy (non-hydrogen) atoms. The molecule has 2 rings (SSSR count). The summed E-state index contributed by atoms with van der Waals surface area (Å²) in [6.07, 6.45) is -4.22. The van der Waals surface area contributed by atoms with Crippen molar-refractivity contribution in [1.82, 2.24) is 5.32 Å². The van der Waals surface area contributed by atoms with E-state index in [-0.39, 0.29) is 5.37 Å². The quantitative estimate of drug-likeness (QED) is 0.884. The number of halogens is 3. The van der Waals surface area contributed by atoms with E-state index in [0.29, 0.717) is 6.42 Å². The van der Waals surface area contributed by atoms with Crippen LogP contribution in [0, 0.1) is 0 Å². The van der Waals surface area contributed by atoms with Crippen molar-refractivity contribution in [2.45, 2.75) is 37.9 Å². The second kappa shape index (κ2) is 5.69. The van der Waals surface area contributed by atoms with E-state index in [0.717, 1.165) is 28.3 Å². The highest BCUT2D eigenvalue weighted by atomic mass is 32.2. The standard InChI is InChI=1S/C14H16F3NOS/c1-3-11(19)12-8(2)18-13(20-12)9-4-6-10(7-5-9)14(15,16)17/h4-7,11,13,18-19H,3H2,1-2H3. The highest BCUT2D eigenvalue weighted by molar-refractivity contribution is 8.03. The van der Waals surface area contributed by atoms with E-state index in [1.165, 1.54) is 23.9 Å². The summed E-state index contributed by atoms with van der Waals surface area (Å²) in [6, 6.07) is 5.12. The Balaban J connectivity index is 2.12. The van der Waals surface area contributed by atoms with Crippen LogP contribution in [0.5, 0.6) is 0 Å². The zero-order valence-corrected chi connectivity index (χ0v) is 12.0. The van der Waals surface area contributed by atoms with Crippen molar-refractivity contribution in [3.05, 3.63) is 46.0 Å². The Bertz CT molecular complexity index is 510. The predicted molar refractivity (Wildman–Crippen MR) is 73.9 cm³/mol. The molecule has 2 N–H and O–H groups in total. The molecule has 0 radical (unpaired) electrons. The monoisotopic (exact) mass is 303 g/mol. The van der Waals surface area contributed by atoms with Crippen LogP contribution in [0.25, 0.3) is 0 Å². The van der Waals surface area contributed by atoms with E-state index in [1.807, 2.05) is 13.8 Å². The Morgan fingerprint density at radius 2 is 1.90 bits per heavy atom. The Morgan fingerprint density at radius 1 is 1.30 bits per heavy atom. The van der Waals surface area contributed by atoms with Gasteiger partial charge in [-0.15, -0.1) is 0 Å². The van der Waals surface area contributed by atoms with Crippen molar-refractivity contribution in [3.8, 4) is 0 Å². The number of hydrogen-bond donors (Lipinski definition) is 2. The van der Waals surface area contributed by atoms with Gasteiger partial charge in [0.25, 0.3) is 0 Å². The Hall–Kier alpha value is -1.14. The summed E-state index contributed by atoms with van der Waals surface area (Å²) in [6.45, 7) is 3.75. The second-order valence-electron chi connectivity index (χ2n) is 4.68. The molecule has 0 saturated carbocycles. The van der Waals surface area contributed by atoms with Crippen molar-refractivity contribution < 1.29 is 18.3 Å². The molecule has 1 aromatic carbocycles. The number of hydrogen-bond acceptors (Lipinski definition) is 3. The SMILES string of the molecule is CCC(O)C1=C(C)NC(c2ccc(C(F)(F)F)cc2)S1. The van der Waals surface area contributed by atoms with Gasteiger partial charge in [-0.05, 0) is 31.0 Å².